The zero-order valence-electron chi connectivity index (χ0n) is 15.2. The second-order valence-electron chi connectivity index (χ2n) is 7.26. The molecular formula is C21H26N2O2. The van der Waals surface area contributed by atoms with E-state index < -0.39 is 6.09 Å². The van der Waals surface area contributed by atoms with E-state index in [0.29, 0.717) is 19.1 Å². The fraction of sp³-hybridized carbons (Fsp3) is 0.381. The van der Waals surface area contributed by atoms with Crippen molar-refractivity contribution in [3.05, 3.63) is 60.2 Å². The van der Waals surface area contributed by atoms with E-state index in [1.807, 2.05) is 30.3 Å². The van der Waals surface area contributed by atoms with Crippen LogP contribution in [0.5, 0.6) is 0 Å². The van der Waals surface area contributed by atoms with Crippen LogP contribution in [-0.2, 0) is 4.74 Å². The summed E-state index contributed by atoms with van der Waals surface area (Å²) < 4.78 is 5.39. The maximum Gasteiger partial charge on any atom is 0.411 e. The Morgan fingerprint density at radius 1 is 1.16 bits per heavy atom. The zero-order chi connectivity index (χ0) is 17.9. The van der Waals surface area contributed by atoms with Crippen LogP contribution in [0, 0.1) is 0 Å². The van der Waals surface area contributed by atoms with Crippen molar-refractivity contribution in [2.75, 3.05) is 23.4 Å². The van der Waals surface area contributed by atoms with Crippen molar-refractivity contribution in [3.8, 4) is 0 Å². The quantitative estimate of drug-likeness (QED) is 0.850. The third-order valence-corrected chi connectivity index (χ3v) is 4.86. The summed E-state index contributed by atoms with van der Waals surface area (Å²) in [6, 6.07) is 17.9. The molecular weight excluding hydrogens is 312 g/mol. The van der Waals surface area contributed by atoms with Crippen molar-refractivity contribution in [1.82, 2.24) is 0 Å². The summed E-state index contributed by atoms with van der Waals surface area (Å²) >= 11 is 0. The van der Waals surface area contributed by atoms with Crippen LogP contribution in [-0.4, -0.2) is 24.8 Å². The van der Waals surface area contributed by atoms with E-state index in [2.05, 4.69) is 55.3 Å². The first-order valence-electron chi connectivity index (χ1n) is 8.83. The molecule has 0 spiro atoms. The van der Waals surface area contributed by atoms with Gasteiger partial charge in [-0.05, 0) is 49.9 Å². The zero-order valence-corrected chi connectivity index (χ0v) is 15.2. The standard InChI is InChI=1S/C21H26N2O2/c1-16-15-21(2,3)23(19-12-8-7-11-18(16)19)13-14-25-20(24)22-17-9-5-4-6-10-17/h4-12,16H,13-15H2,1-3H3,(H,22,24). The lowest BCUT2D eigenvalue weighted by Crippen LogP contribution is -2.49. The third kappa shape index (κ3) is 3.95. The van der Waals surface area contributed by atoms with Crippen molar-refractivity contribution in [2.45, 2.75) is 38.6 Å². The van der Waals surface area contributed by atoms with Crippen molar-refractivity contribution in [2.24, 2.45) is 0 Å². The average Bonchev–Trinajstić information content (AvgIpc) is 2.58. The molecule has 25 heavy (non-hydrogen) atoms. The van der Waals surface area contributed by atoms with Gasteiger partial charge in [0.25, 0.3) is 0 Å². The maximum absolute atomic E-state index is 12.0. The summed E-state index contributed by atoms with van der Waals surface area (Å²) in [6.07, 6.45) is 0.669. The van der Waals surface area contributed by atoms with Gasteiger partial charge in [0.05, 0.1) is 6.54 Å². The van der Waals surface area contributed by atoms with Gasteiger partial charge in [-0.25, -0.2) is 4.79 Å². The van der Waals surface area contributed by atoms with Gasteiger partial charge in [-0.1, -0.05) is 43.3 Å². The Morgan fingerprint density at radius 2 is 1.84 bits per heavy atom. The monoisotopic (exact) mass is 338 g/mol. The predicted molar refractivity (Wildman–Crippen MR) is 102 cm³/mol. The minimum atomic E-state index is -0.414. The summed E-state index contributed by atoms with van der Waals surface area (Å²) in [5.74, 6) is 0.532. The van der Waals surface area contributed by atoms with Crippen molar-refractivity contribution in [1.29, 1.82) is 0 Å². The number of fused-ring (bicyclic) bond motifs is 1. The van der Waals surface area contributed by atoms with Gasteiger partial charge >= 0.3 is 6.09 Å². The van der Waals surface area contributed by atoms with Crippen LogP contribution in [0.15, 0.2) is 54.6 Å². The Labute approximate surface area is 149 Å². The van der Waals surface area contributed by atoms with E-state index in [4.69, 9.17) is 4.74 Å². The number of rotatable bonds is 4. The number of hydrogen-bond acceptors (Lipinski definition) is 3. The molecule has 1 atom stereocenters. The second kappa shape index (κ2) is 7.18. The lowest BCUT2D eigenvalue weighted by Gasteiger charge is -2.47. The minimum absolute atomic E-state index is 0.0348. The number of nitrogens with one attached hydrogen (secondary N) is 1. The van der Waals surface area contributed by atoms with E-state index in [0.717, 1.165) is 12.1 Å². The molecule has 4 nitrogen and oxygen atoms in total. The van der Waals surface area contributed by atoms with Gasteiger partial charge in [-0.3, -0.25) is 5.32 Å². The molecule has 1 amide bonds. The predicted octanol–water partition coefficient (Wildman–Crippen LogP) is 5.03. The maximum atomic E-state index is 12.0. The molecule has 2 aromatic rings. The summed E-state index contributed by atoms with van der Waals surface area (Å²) in [7, 11) is 0. The van der Waals surface area contributed by atoms with E-state index in [9.17, 15) is 4.79 Å². The van der Waals surface area contributed by atoms with Gasteiger partial charge in [0.15, 0.2) is 0 Å². The van der Waals surface area contributed by atoms with Crippen LogP contribution in [0.3, 0.4) is 0 Å². The molecule has 0 radical (unpaired) electrons. The first kappa shape index (κ1) is 17.3. The van der Waals surface area contributed by atoms with Crippen molar-refractivity contribution < 1.29 is 9.53 Å². The molecule has 0 bridgehead atoms. The Hall–Kier alpha value is -2.49. The van der Waals surface area contributed by atoms with Gasteiger partial charge in [-0.15, -0.1) is 0 Å². The molecule has 0 aliphatic carbocycles. The number of amides is 1. The number of nitrogens with zero attached hydrogens (tertiary/aromatic N) is 1. The van der Waals surface area contributed by atoms with Gasteiger partial charge in [-0.2, -0.15) is 0 Å². The number of carbonyl (C=O) groups excluding carboxylic acids is 1. The Morgan fingerprint density at radius 3 is 2.60 bits per heavy atom. The lowest BCUT2D eigenvalue weighted by atomic mass is 9.80. The first-order chi connectivity index (χ1) is 12.0. The van der Waals surface area contributed by atoms with Crippen LogP contribution >= 0.6 is 0 Å². The average molecular weight is 338 g/mol. The molecule has 1 heterocycles. The largest absolute Gasteiger partial charge is 0.447 e. The van der Waals surface area contributed by atoms with Crippen LogP contribution in [0.1, 0.15) is 38.7 Å². The Bertz CT molecular complexity index is 728. The smallest absolute Gasteiger partial charge is 0.411 e. The molecule has 0 saturated heterocycles. The normalized spacial score (nSPS) is 18.4. The number of ether oxygens (including phenoxy) is 1. The Balaban J connectivity index is 1.62. The number of benzene rings is 2. The molecule has 132 valence electrons. The number of para-hydroxylation sites is 2. The number of anilines is 2. The highest BCUT2D eigenvalue weighted by molar-refractivity contribution is 5.84. The van der Waals surface area contributed by atoms with Crippen LogP contribution in [0.4, 0.5) is 16.2 Å². The van der Waals surface area contributed by atoms with Gasteiger partial charge < -0.3 is 9.64 Å². The molecule has 3 rings (SSSR count). The van der Waals surface area contributed by atoms with Crippen molar-refractivity contribution >= 4 is 17.5 Å². The molecule has 0 fully saturated rings. The van der Waals surface area contributed by atoms with E-state index in [1.54, 1.807) is 0 Å². The fourth-order valence-corrected chi connectivity index (χ4v) is 3.77. The molecule has 2 aromatic carbocycles. The van der Waals surface area contributed by atoms with Crippen molar-refractivity contribution in [3.63, 3.8) is 0 Å². The third-order valence-electron chi connectivity index (χ3n) is 4.86. The number of hydrogen-bond donors (Lipinski definition) is 1. The highest BCUT2D eigenvalue weighted by Gasteiger charge is 2.35. The molecule has 1 unspecified atom stereocenters. The first-order valence-corrected chi connectivity index (χ1v) is 8.83. The minimum Gasteiger partial charge on any atom is -0.447 e. The van der Waals surface area contributed by atoms with E-state index in [-0.39, 0.29) is 5.54 Å². The SMILES string of the molecule is CC1CC(C)(C)N(CCOC(=O)Nc2ccccc2)c2ccccc21. The summed E-state index contributed by atoms with van der Waals surface area (Å²) in [5, 5.41) is 2.75. The van der Waals surface area contributed by atoms with Gasteiger partial charge in [0.2, 0.25) is 0 Å². The second-order valence-corrected chi connectivity index (χ2v) is 7.26. The van der Waals surface area contributed by atoms with Crippen LogP contribution < -0.4 is 10.2 Å². The number of carbonyl (C=O) groups is 1. The van der Waals surface area contributed by atoms with Crippen LogP contribution in [0.25, 0.3) is 0 Å². The molecule has 0 aromatic heterocycles. The highest BCUT2D eigenvalue weighted by Crippen LogP contribution is 2.42. The molecule has 0 saturated carbocycles. The Kier molecular flexibility index (Phi) is 4.98. The van der Waals surface area contributed by atoms with E-state index >= 15 is 0 Å². The fourth-order valence-electron chi connectivity index (χ4n) is 3.77. The van der Waals surface area contributed by atoms with E-state index in [1.165, 1.54) is 11.3 Å². The summed E-state index contributed by atoms with van der Waals surface area (Å²) in [6.45, 7) is 7.82. The topological polar surface area (TPSA) is 41.6 Å². The van der Waals surface area contributed by atoms with Crippen LogP contribution in [0.2, 0.25) is 0 Å². The lowest BCUT2D eigenvalue weighted by molar-refractivity contribution is 0.161. The summed E-state index contributed by atoms with van der Waals surface area (Å²) in [4.78, 5) is 14.3. The van der Waals surface area contributed by atoms with Gasteiger partial charge in [0.1, 0.15) is 6.61 Å². The van der Waals surface area contributed by atoms with Gasteiger partial charge in [0, 0.05) is 16.9 Å². The molecule has 1 N–H and O–H groups in total. The molecule has 1 aliphatic rings. The highest BCUT2D eigenvalue weighted by atomic mass is 16.5. The summed E-state index contributed by atoms with van der Waals surface area (Å²) in [5.41, 5.74) is 3.39. The molecule has 4 heteroatoms. The molecule has 1 aliphatic heterocycles.